The van der Waals surface area contributed by atoms with Crippen LogP contribution in [0.15, 0.2) is 62.5 Å². The summed E-state index contributed by atoms with van der Waals surface area (Å²) in [6, 6.07) is 12.3. The van der Waals surface area contributed by atoms with Gasteiger partial charge in [0.25, 0.3) is 0 Å². The summed E-state index contributed by atoms with van der Waals surface area (Å²) >= 11 is 7.08. The van der Waals surface area contributed by atoms with Gasteiger partial charge >= 0.3 is 0 Å². The first-order valence-corrected chi connectivity index (χ1v) is 8.35. The van der Waals surface area contributed by atoms with E-state index in [-0.39, 0.29) is 0 Å². The Morgan fingerprint density at radius 1 is 1.00 bits per heavy atom. The molecule has 3 rings (SSSR count). The standard InChI is InChI=1S/C18H14Br2N2/c1-10(2)9-22-18-14-6-4-12(20)8-16(14)15-7-11(19)3-5-13(15)17(18)21/h3-9H,1,21H2,2H3. The molecule has 0 spiro atoms. The zero-order valence-corrected chi connectivity index (χ0v) is 15.2. The molecule has 0 heterocycles. The quantitative estimate of drug-likeness (QED) is 0.293. The summed E-state index contributed by atoms with van der Waals surface area (Å²) in [5.41, 5.74) is 8.76. The number of hydrogen-bond donors (Lipinski definition) is 1. The third-order valence-electron chi connectivity index (χ3n) is 3.47. The zero-order valence-electron chi connectivity index (χ0n) is 12.0. The number of hydrogen-bond acceptors (Lipinski definition) is 2. The SMILES string of the molecule is C=C(C)C=Nc1c(N)c2ccc(Br)cc2c2cc(Br)ccc12. The molecule has 22 heavy (non-hydrogen) atoms. The fourth-order valence-electron chi connectivity index (χ4n) is 2.51. The molecule has 0 bridgehead atoms. The normalized spacial score (nSPS) is 11.6. The van der Waals surface area contributed by atoms with E-state index in [4.69, 9.17) is 5.73 Å². The number of anilines is 1. The molecular formula is C18H14Br2N2. The second-order valence-electron chi connectivity index (χ2n) is 5.25. The highest BCUT2D eigenvalue weighted by Gasteiger charge is 2.12. The Labute approximate surface area is 146 Å². The van der Waals surface area contributed by atoms with Crippen LogP contribution in [-0.4, -0.2) is 6.21 Å². The number of nitrogen functional groups attached to an aromatic ring is 1. The van der Waals surface area contributed by atoms with Crippen LogP contribution >= 0.6 is 31.9 Å². The van der Waals surface area contributed by atoms with Crippen molar-refractivity contribution in [1.82, 2.24) is 0 Å². The average Bonchev–Trinajstić information content (AvgIpc) is 2.47. The van der Waals surface area contributed by atoms with Crippen molar-refractivity contribution in [3.8, 4) is 0 Å². The minimum Gasteiger partial charge on any atom is -0.396 e. The molecule has 0 aliphatic heterocycles. The van der Waals surface area contributed by atoms with Gasteiger partial charge in [-0.15, -0.1) is 0 Å². The number of benzene rings is 3. The molecule has 0 atom stereocenters. The number of allylic oxidation sites excluding steroid dienone is 1. The van der Waals surface area contributed by atoms with Crippen molar-refractivity contribution in [3.63, 3.8) is 0 Å². The number of nitrogens with two attached hydrogens (primary N) is 1. The molecule has 4 heteroatoms. The molecule has 2 nitrogen and oxygen atoms in total. The Morgan fingerprint density at radius 2 is 1.55 bits per heavy atom. The van der Waals surface area contributed by atoms with Crippen molar-refractivity contribution in [2.24, 2.45) is 4.99 Å². The lowest BCUT2D eigenvalue weighted by molar-refractivity contribution is 1.55. The van der Waals surface area contributed by atoms with Gasteiger partial charge in [0, 0.05) is 25.9 Å². The molecule has 0 fully saturated rings. The molecule has 110 valence electrons. The van der Waals surface area contributed by atoms with Crippen molar-refractivity contribution >= 4 is 71.0 Å². The molecule has 0 aliphatic carbocycles. The summed E-state index contributed by atoms with van der Waals surface area (Å²) in [6.07, 6.45) is 1.75. The van der Waals surface area contributed by atoms with Crippen molar-refractivity contribution < 1.29 is 0 Å². The summed E-state index contributed by atoms with van der Waals surface area (Å²) in [7, 11) is 0. The summed E-state index contributed by atoms with van der Waals surface area (Å²) in [6.45, 7) is 5.78. The molecule has 0 aromatic heterocycles. The van der Waals surface area contributed by atoms with Crippen LogP contribution in [0.1, 0.15) is 6.92 Å². The summed E-state index contributed by atoms with van der Waals surface area (Å²) in [5.74, 6) is 0. The minimum absolute atomic E-state index is 0.690. The van der Waals surface area contributed by atoms with Crippen LogP contribution in [-0.2, 0) is 0 Å². The van der Waals surface area contributed by atoms with E-state index in [0.717, 1.165) is 41.8 Å². The van der Waals surface area contributed by atoms with Crippen LogP contribution in [0, 0.1) is 0 Å². The second-order valence-corrected chi connectivity index (χ2v) is 7.08. The smallest absolute Gasteiger partial charge is 0.0943 e. The Kier molecular flexibility index (Phi) is 4.06. The number of nitrogens with zero attached hydrogens (tertiary/aromatic N) is 1. The van der Waals surface area contributed by atoms with Gasteiger partial charge in [0.05, 0.1) is 11.4 Å². The summed E-state index contributed by atoms with van der Waals surface area (Å²) in [4.78, 5) is 4.56. The molecule has 0 saturated heterocycles. The first-order chi connectivity index (χ1) is 10.5. The lowest BCUT2D eigenvalue weighted by atomic mass is 9.98. The fourth-order valence-corrected chi connectivity index (χ4v) is 3.23. The van der Waals surface area contributed by atoms with Gasteiger partial charge in [0.2, 0.25) is 0 Å². The Morgan fingerprint density at radius 3 is 2.14 bits per heavy atom. The van der Waals surface area contributed by atoms with Crippen LogP contribution < -0.4 is 5.73 Å². The first kappa shape index (κ1) is 15.3. The van der Waals surface area contributed by atoms with E-state index < -0.39 is 0 Å². The van der Waals surface area contributed by atoms with Gasteiger partial charge in [-0.3, -0.25) is 4.99 Å². The average molecular weight is 418 g/mol. The number of fused-ring (bicyclic) bond motifs is 3. The van der Waals surface area contributed by atoms with E-state index >= 15 is 0 Å². The molecule has 0 unspecified atom stereocenters. The number of rotatable bonds is 2. The topological polar surface area (TPSA) is 38.4 Å². The van der Waals surface area contributed by atoms with E-state index in [0.29, 0.717) is 5.69 Å². The molecule has 3 aromatic carbocycles. The Hall–Kier alpha value is -1.65. The Bertz CT molecular complexity index is 943. The van der Waals surface area contributed by atoms with Crippen molar-refractivity contribution in [1.29, 1.82) is 0 Å². The summed E-state index contributed by atoms with van der Waals surface area (Å²) < 4.78 is 2.06. The molecular weight excluding hydrogens is 404 g/mol. The third kappa shape index (κ3) is 2.69. The lowest BCUT2D eigenvalue weighted by Crippen LogP contribution is -1.91. The van der Waals surface area contributed by atoms with Gasteiger partial charge in [-0.1, -0.05) is 50.6 Å². The molecule has 0 amide bonds. The van der Waals surface area contributed by atoms with Crippen molar-refractivity contribution in [3.05, 3.63) is 57.5 Å². The minimum atomic E-state index is 0.690. The van der Waals surface area contributed by atoms with Gasteiger partial charge in [0.1, 0.15) is 0 Å². The van der Waals surface area contributed by atoms with Crippen LogP contribution in [0.25, 0.3) is 21.5 Å². The first-order valence-electron chi connectivity index (χ1n) is 6.77. The molecule has 0 saturated carbocycles. The largest absolute Gasteiger partial charge is 0.396 e. The zero-order chi connectivity index (χ0) is 15.9. The van der Waals surface area contributed by atoms with E-state index in [1.807, 2.05) is 31.2 Å². The van der Waals surface area contributed by atoms with Crippen LogP contribution in [0.4, 0.5) is 11.4 Å². The molecule has 2 N–H and O–H groups in total. The maximum Gasteiger partial charge on any atom is 0.0943 e. The monoisotopic (exact) mass is 416 g/mol. The highest BCUT2D eigenvalue weighted by molar-refractivity contribution is 9.10. The van der Waals surface area contributed by atoms with Gasteiger partial charge in [-0.2, -0.15) is 0 Å². The van der Waals surface area contributed by atoms with Gasteiger partial charge < -0.3 is 5.73 Å². The highest BCUT2D eigenvalue weighted by Crippen LogP contribution is 2.41. The van der Waals surface area contributed by atoms with Crippen LogP contribution in [0.3, 0.4) is 0 Å². The van der Waals surface area contributed by atoms with Crippen LogP contribution in [0.5, 0.6) is 0 Å². The van der Waals surface area contributed by atoms with E-state index in [9.17, 15) is 0 Å². The van der Waals surface area contributed by atoms with Gasteiger partial charge in [0.15, 0.2) is 0 Å². The predicted molar refractivity (Wildman–Crippen MR) is 104 cm³/mol. The summed E-state index contributed by atoms with van der Waals surface area (Å²) in [5, 5.41) is 4.26. The van der Waals surface area contributed by atoms with Gasteiger partial charge in [-0.05, 0) is 47.5 Å². The lowest BCUT2D eigenvalue weighted by Gasteiger charge is -2.12. The van der Waals surface area contributed by atoms with E-state index in [2.05, 4.69) is 55.6 Å². The van der Waals surface area contributed by atoms with Gasteiger partial charge in [-0.25, -0.2) is 0 Å². The van der Waals surface area contributed by atoms with Crippen LogP contribution in [0.2, 0.25) is 0 Å². The Balaban J connectivity index is 2.50. The fraction of sp³-hybridized carbons (Fsp3) is 0.0556. The van der Waals surface area contributed by atoms with E-state index in [1.165, 1.54) is 0 Å². The second kappa shape index (κ2) is 5.86. The number of aliphatic imine (C=N–C) groups is 1. The maximum absolute atomic E-state index is 6.39. The van der Waals surface area contributed by atoms with E-state index in [1.54, 1.807) is 6.21 Å². The maximum atomic E-state index is 6.39. The highest BCUT2D eigenvalue weighted by atomic mass is 79.9. The van der Waals surface area contributed by atoms with Crippen molar-refractivity contribution in [2.45, 2.75) is 6.92 Å². The third-order valence-corrected chi connectivity index (χ3v) is 4.45. The number of halogens is 2. The van der Waals surface area contributed by atoms with Crippen molar-refractivity contribution in [2.75, 3.05) is 5.73 Å². The molecule has 0 aliphatic rings. The molecule has 0 radical (unpaired) electrons. The molecule has 3 aromatic rings. The predicted octanol–water partition coefficient (Wildman–Crippen LogP) is 6.38.